The van der Waals surface area contributed by atoms with Crippen molar-refractivity contribution in [2.75, 3.05) is 18.0 Å². The van der Waals surface area contributed by atoms with Crippen LogP contribution in [0, 0.1) is 5.41 Å². The van der Waals surface area contributed by atoms with Crippen LogP contribution in [0.2, 0.25) is 0 Å². The van der Waals surface area contributed by atoms with Gasteiger partial charge in [-0.2, -0.15) is 10.1 Å². The molecule has 3 heterocycles. The van der Waals surface area contributed by atoms with Crippen LogP contribution in [-0.4, -0.2) is 43.4 Å². The largest absolute Gasteiger partial charge is 0.424 e. The molecule has 0 aliphatic carbocycles. The van der Waals surface area contributed by atoms with E-state index in [1.807, 2.05) is 12.1 Å². The number of anilines is 2. The van der Waals surface area contributed by atoms with Crippen LogP contribution >= 0.6 is 0 Å². The molecule has 4 aromatic rings. The molecule has 0 bridgehead atoms. The second-order valence-corrected chi connectivity index (χ2v) is 6.99. The van der Waals surface area contributed by atoms with Crippen LogP contribution in [0.1, 0.15) is 12.8 Å². The maximum absolute atomic E-state index is 11.8. The molecule has 0 saturated heterocycles. The van der Waals surface area contributed by atoms with Crippen molar-refractivity contribution in [2.45, 2.75) is 19.4 Å². The first-order chi connectivity index (χ1) is 15.5. The number of benzene rings is 1. The predicted molar refractivity (Wildman–Crippen MR) is 120 cm³/mol. The number of unbranched alkanes of at least 4 members (excludes halogenated alkanes) is 1. The van der Waals surface area contributed by atoms with Crippen molar-refractivity contribution >= 4 is 46.1 Å². The number of carbonyl (C=O) groups excluding carboxylic acids is 1. The maximum Gasteiger partial charge on any atom is 0.292 e. The number of oxazole rings is 1. The van der Waals surface area contributed by atoms with Crippen molar-refractivity contribution in [3.05, 3.63) is 36.3 Å². The first kappa shape index (κ1) is 20.8. The second-order valence-electron chi connectivity index (χ2n) is 6.99. The first-order valence-electron chi connectivity index (χ1n) is 9.85. The van der Waals surface area contributed by atoms with Gasteiger partial charge in [0.05, 0.1) is 11.0 Å². The van der Waals surface area contributed by atoms with Gasteiger partial charge in [0.2, 0.25) is 0 Å². The number of aryl methyl sites for hydroxylation is 1. The molecule has 0 fully saturated rings. The molecule has 12 heteroatoms. The highest BCUT2D eigenvalue weighted by atomic mass is 16.4. The summed E-state index contributed by atoms with van der Waals surface area (Å²) in [6, 6.07) is 5.55. The summed E-state index contributed by atoms with van der Waals surface area (Å²) in [6.07, 6.45) is 4.85. The Morgan fingerprint density at radius 1 is 1.25 bits per heavy atom. The van der Waals surface area contributed by atoms with Crippen molar-refractivity contribution in [2.24, 2.45) is 5.73 Å². The Labute approximate surface area is 182 Å². The molecule has 0 radical (unpaired) electrons. The third kappa shape index (κ3) is 3.93. The van der Waals surface area contributed by atoms with Gasteiger partial charge in [0.15, 0.2) is 11.2 Å². The van der Waals surface area contributed by atoms with E-state index in [9.17, 15) is 4.79 Å². The van der Waals surface area contributed by atoms with Gasteiger partial charge in [-0.25, -0.2) is 14.6 Å². The lowest BCUT2D eigenvalue weighted by Crippen LogP contribution is -2.27. The summed E-state index contributed by atoms with van der Waals surface area (Å²) >= 11 is 0. The van der Waals surface area contributed by atoms with E-state index in [1.165, 1.54) is 6.33 Å². The van der Waals surface area contributed by atoms with Gasteiger partial charge in [-0.3, -0.25) is 4.79 Å². The van der Waals surface area contributed by atoms with Crippen LogP contribution in [-0.2, 0) is 11.3 Å². The lowest BCUT2D eigenvalue weighted by Gasteiger charge is -2.06. The van der Waals surface area contributed by atoms with Gasteiger partial charge >= 0.3 is 0 Å². The van der Waals surface area contributed by atoms with Crippen LogP contribution in [0.3, 0.4) is 0 Å². The fraction of sp³-hybridized carbons (Fsp3) is 0.200. The van der Waals surface area contributed by atoms with Crippen LogP contribution in [0.15, 0.2) is 40.7 Å². The van der Waals surface area contributed by atoms with Gasteiger partial charge in [-0.05, 0) is 31.0 Å². The fourth-order valence-electron chi connectivity index (χ4n) is 3.36. The third-order valence-corrected chi connectivity index (χ3v) is 4.92. The smallest absolute Gasteiger partial charge is 0.292 e. The summed E-state index contributed by atoms with van der Waals surface area (Å²) in [5.41, 5.74) is 20.5. The fourth-order valence-corrected chi connectivity index (χ4v) is 3.36. The summed E-state index contributed by atoms with van der Waals surface area (Å²) in [5.74, 6) is -0.0465. The van der Waals surface area contributed by atoms with Crippen molar-refractivity contribution in [3.63, 3.8) is 0 Å². The molecule has 0 unspecified atom stereocenters. The number of nitrogens with one attached hydrogen (secondary N) is 2. The van der Waals surface area contributed by atoms with Crippen LogP contribution in [0.5, 0.6) is 0 Å². The molecule has 0 aliphatic rings. The molecule has 164 valence electrons. The number of rotatable bonds is 8. The molecule has 4 rings (SSSR count). The Morgan fingerprint density at radius 3 is 2.88 bits per heavy atom. The summed E-state index contributed by atoms with van der Waals surface area (Å²) < 4.78 is 7.11. The maximum atomic E-state index is 11.8. The number of aromatic nitrogens is 5. The van der Waals surface area contributed by atoms with Gasteiger partial charge in [-0.1, -0.05) is 0 Å². The molecule has 32 heavy (non-hydrogen) atoms. The monoisotopic (exact) mass is 434 g/mol. The number of nitrogens with zero attached hydrogens (tertiary/aromatic N) is 5. The Kier molecular flexibility index (Phi) is 5.66. The Morgan fingerprint density at radius 2 is 2.09 bits per heavy atom. The van der Waals surface area contributed by atoms with Crippen molar-refractivity contribution in [3.8, 4) is 11.3 Å². The summed E-state index contributed by atoms with van der Waals surface area (Å²) in [4.78, 5) is 24.5. The molecule has 0 aliphatic heterocycles. The molecule has 0 spiro atoms. The number of hydrogen-bond acceptors (Lipinski definition) is 10. The van der Waals surface area contributed by atoms with Crippen molar-refractivity contribution in [1.29, 1.82) is 5.41 Å². The third-order valence-electron chi connectivity index (χ3n) is 4.92. The molecule has 8 N–H and O–H groups in total. The number of fused-ring (bicyclic) bond motifs is 2. The molecule has 0 atom stereocenters. The average molecular weight is 434 g/mol. The van der Waals surface area contributed by atoms with E-state index in [2.05, 4.69) is 20.3 Å². The average Bonchev–Trinajstić information content (AvgIpc) is 3.34. The van der Waals surface area contributed by atoms with Crippen LogP contribution in [0.25, 0.3) is 33.4 Å². The van der Waals surface area contributed by atoms with Crippen LogP contribution < -0.4 is 22.5 Å². The molecule has 3 aromatic heterocycles. The normalized spacial score (nSPS) is 11.8. The number of carbonyl (C=O) groups is 1. The van der Waals surface area contributed by atoms with Gasteiger partial charge in [0.1, 0.15) is 23.4 Å². The Hall–Kier alpha value is -4.48. The quantitative estimate of drug-likeness (QED) is 0.153. The van der Waals surface area contributed by atoms with E-state index in [1.54, 1.807) is 10.7 Å². The molecule has 12 nitrogen and oxygen atoms in total. The van der Waals surface area contributed by atoms with E-state index in [-0.39, 0.29) is 17.5 Å². The van der Waals surface area contributed by atoms with Gasteiger partial charge < -0.3 is 32.3 Å². The molecule has 1 amide bonds. The molecular formula is C20H22N10O2. The van der Waals surface area contributed by atoms with Crippen LogP contribution in [0.4, 0.5) is 11.8 Å². The standard InChI is InChI=1S/C20H22N10O2/c21-8-12(9-22)19(31)25-5-1-2-6-30-18-15(17(23)26-10-27-18)16(29-30)11-3-4-14-13(7-11)28-20(24)32-14/h3-4,7-10,21H,1-2,5-6,22H2,(H2,24,28)(H,25,31)(H2,23,26,27). The Bertz CT molecular complexity index is 1340. The lowest BCUT2D eigenvalue weighted by molar-refractivity contribution is -0.117. The minimum absolute atomic E-state index is 0.0946. The highest BCUT2D eigenvalue weighted by Crippen LogP contribution is 2.32. The van der Waals surface area contributed by atoms with Gasteiger partial charge in [-0.15, -0.1) is 0 Å². The van der Waals surface area contributed by atoms with E-state index in [0.29, 0.717) is 53.2 Å². The zero-order valence-electron chi connectivity index (χ0n) is 17.1. The number of amides is 1. The SMILES string of the molecule is N=CC(=CN)C(=O)NCCCCn1nc(-c2ccc3oc(N)nc3c2)c2c(N)ncnc21. The Balaban J connectivity index is 1.53. The van der Waals surface area contributed by atoms with E-state index < -0.39 is 0 Å². The summed E-state index contributed by atoms with van der Waals surface area (Å²) in [5, 5.41) is 15.3. The number of nitrogen functional groups attached to an aromatic ring is 2. The molecular weight excluding hydrogens is 412 g/mol. The zero-order valence-corrected chi connectivity index (χ0v) is 17.1. The molecule has 0 saturated carbocycles. The van der Waals surface area contributed by atoms with Crippen molar-refractivity contribution in [1.82, 2.24) is 30.0 Å². The summed E-state index contributed by atoms with van der Waals surface area (Å²) in [7, 11) is 0. The molecule has 1 aromatic carbocycles. The number of hydrogen-bond donors (Lipinski definition) is 5. The minimum Gasteiger partial charge on any atom is -0.424 e. The minimum atomic E-state index is -0.376. The number of nitrogens with two attached hydrogens (primary N) is 3. The highest BCUT2D eigenvalue weighted by Gasteiger charge is 2.18. The zero-order chi connectivity index (χ0) is 22.7. The van der Waals surface area contributed by atoms with Crippen molar-refractivity contribution < 1.29 is 9.21 Å². The highest BCUT2D eigenvalue weighted by molar-refractivity contribution is 6.11. The van der Waals surface area contributed by atoms with E-state index >= 15 is 0 Å². The first-order valence-corrected chi connectivity index (χ1v) is 9.85. The van der Waals surface area contributed by atoms with Gasteiger partial charge in [0.25, 0.3) is 11.9 Å². The second kappa shape index (κ2) is 8.71. The van der Waals surface area contributed by atoms with Gasteiger partial charge in [0, 0.05) is 31.1 Å². The summed E-state index contributed by atoms with van der Waals surface area (Å²) in [6.45, 7) is 1.00. The topological polar surface area (TPSA) is 201 Å². The van der Waals surface area contributed by atoms with E-state index in [0.717, 1.165) is 24.4 Å². The predicted octanol–water partition coefficient (Wildman–Crippen LogP) is 1.19. The lowest BCUT2D eigenvalue weighted by atomic mass is 10.1. The van der Waals surface area contributed by atoms with E-state index in [4.69, 9.17) is 32.1 Å².